The Kier molecular flexibility index (Phi) is 5.14. The molecule has 0 amide bonds. The molecule has 2 N–H and O–H groups in total. The molecule has 0 spiro atoms. The Hall–Kier alpha value is -2.43. The summed E-state index contributed by atoms with van der Waals surface area (Å²) >= 11 is 0. The molecule has 26 heavy (non-hydrogen) atoms. The predicted molar refractivity (Wildman–Crippen MR) is 105 cm³/mol. The summed E-state index contributed by atoms with van der Waals surface area (Å²) in [5, 5.41) is 16.8. The quantitative estimate of drug-likeness (QED) is 0.666. The fraction of sp³-hybridized carbons (Fsp3) is 0.318. The standard InChI is InChI=1S/C22H25N3O/c26-15-5-4-13-25-14-12-21-20(16-25)22(24-23-21)19-10-8-18(9-11-19)17-6-2-1-3-7-17/h1-3,6-11,26H,4-5,12-16H2,(H,23,24). The highest BCUT2D eigenvalue weighted by molar-refractivity contribution is 5.70. The van der Waals surface area contributed by atoms with Crippen LogP contribution in [0.2, 0.25) is 0 Å². The van der Waals surface area contributed by atoms with E-state index in [1.54, 1.807) is 0 Å². The van der Waals surface area contributed by atoms with Crippen molar-refractivity contribution in [2.45, 2.75) is 25.8 Å². The van der Waals surface area contributed by atoms with E-state index in [0.717, 1.165) is 44.6 Å². The molecule has 1 aromatic heterocycles. The number of aliphatic hydroxyl groups excluding tert-OH is 1. The van der Waals surface area contributed by atoms with Gasteiger partial charge in [-0.3, -0.25) is 10.00 Å². The summed E-state index contributed by atoms with van der Waals surface area (Å²) in [7, 11) is 0. The molecule has 0 radical (unpaired) electrons. The highest BCUT2D eigenvalue weighted by atomic mass is 16.2. The van der Waals surface area contributed by atoms with Gasteiger partial charge in [0, 0.05) is 42.9 Å². The summed E-state index contributed by atoms with van der Waals surface area (Å²) in [6.45, 7) is 3.32. The van der Waals surface area contributed by atoms with E-state index in [0.29, 0.717) is 0 Å². The van der Waals surface area contributed by atoms with E-state index in [-0.39, 0.29) is 6.61 Å². The second-order valence-electron chi connectivity index (χ2n) is 6.93. The number of nitrogens with zero attached hydrogens (tertiary/aromatic N) is 2. The van der Waals surface area contributed by atoms with E-state index < -0.39 is 0 Å². The molecule has 0 atom stereocenters. The van der Waals surface area contributed by atoms with Crippen LogP contribution in [0.4, 0.5) is 0 Å². The number of rotatable bonds is 6. The second-order valence-corrected chi connectivity index (χ2v) is 6.93. The number of aromatic nitrogens is 2. The first-order valence-corrected chi connectivity index (χ1v) is 9.40. The number of benzene rings is 2. The van der Waals surface area contributed by atoms with Crippen LogP contribution >= 0.6 is 0 Å². The van der Waals surface area contributed by atoms with Gasteiger partial charge in [-0.25, -0.2) is 0 Å². The predicted octanol–water partition coefficient (Wildman–Crippen LogP) is 3.87. The van der Waals surface area contributed by atoms with E-state index in [4.69, 9.17) is 5.11 Å². The number of nitrogens with one attached hydrogen (secondary N) is 1. The third-order valence-electron chi connectivity index (χ3n) is 5.16. The molecule has 2 heterocycles. The molecule has 0 unspecified atom stereocenters. The van der Waals surface area contributed by atoms with Gasteiger partial charge in [-0.15, -0.1) is 0 Å². The smallest absolute Gasteiger partial charge is 0.0968 e. The summed E-state index contributed by atoms with van der Waals surface area (Å²) in [4.78, 5) is 2.47. The minimum atomic E-state index is 0.282. The number of fused-ring (bicyclic) bond motifs is 1. The molecule has 1 aliphatic rings. The molecular formula is C22H25N3O. The maximum absolute atomic E-state index is 8.98. The highest BCUT2D eigenvalue weighted by Gasteiger charge is 2.22. The molecule has 0 bridgehead atoms. The molecule has 0 saturated heterocycles. The van der Waals surface area contributed by atoms with Gasteiger partial charge in [-0.2, -0.15) is 5.10 Å². The molecule has 134 valence electrons. The van der Waals surface area contributed by atoms with Crippen LogP contribution in [0.15, 0.2) is 54.6 Å². The molecule has 0 saturated carbocycles. The molecule has 2 aromatic carbocycles. The van der Waals surface area contributed by atoms with Crippen LogP contribution in [-0.4, -0.2) is 39.9 Å². The first kappa shape index (κ1) is 17.0. The minimum Gasteiger partial charge on any atom is -0.396 e. The summed E-state index contributed by atoms with van der Waals surface area (Å²) in [5.41, 5.74) is 7.30. The first-order chi connectivity index (χ1) is 12.8. The van der Waals surface area contributed by atoms with E-state index in [1.165, 1.54) is 27.9 Å². The van der Waals surface area contributed by atoms with E-state index in [9.17, 15) is 0 Å². The zero-order chi connectivity index (χ0) is 17.8. The Labute approximate surface area is 154 Å². The Bertz CT molecular complexity index is 840. The highest BCUT2D eigenvalue weighted by Crippen LogP contribution is 2.30. The molecular weight excluding hydrogens is 322 g/mol. The van der Waals surface area contributed by atoms with Gasteiger partial charge in [-0.05, 0) is 30.5 Å². The van der Waals surface area contributed by atoms with Crippen molar-refractivity contribution in [2.75, 3.05) is 19.7 Å². The number of hydrogen-bond donors (Lipinski definition) is 2. The Morgan fingerprint density at radius 1 is 0.923 bits per heavy atom. The van der Waals surface area contributed by atoms with Crippen molar-refractivity contribution in [3.63, 3.8) is 0 Å². The molecule has 4 nitrogen and oxygen atoms in total. The summed E-state index contributed by atoms with van der Waals surface area (Å²) in [6, 6.07) is 19.1. The number of hydrogen-bond acceptors (Lipinski definition) is 3. The zero-order valence-electron chi connectivity index (χ0n) is 15.0. The van der Waals surface area contributed by atoms with Gasteiger partial charge >= 0.3 is 0 Å². The summed E-state index contributed by atoms with van der Waals surface area (Å²) < 4.78 is 0. The van der Waals surface area contributed by atoms with Crippen molar-refractivity contribution in [3.8, 4) is 22.4 Å². The van der Waals surface area contributed by atoms with Crippen molar-refractivity contribution in [1.29, 1.82) is 0 Å². The molecule has 0 fully saturated rings. The van der Waals surface area contributed by atoms with Gasteiger partial charge in [0.2, 0.25) is 0 Å². The average molecular weight is 347 g/mol. The second kappa shape index (κ2) is 7.85. The van der Waals surface area contributed by atoms with Gasteiger partial charge in [0.15, 0.2) is 0 Å². The van der Waals surface area contributed by atoms with Crippen molar-refractivity contribution in [3.05, 3.63) is 65.9 Å². The lowest BCUT2D eigenvalue weighted by Crippen LogP contribution is -2.31. The van der Waals surface area contributed by atoms with Crippen molar-refractivity contribution in [2.24, 2.45) is 0 Å². The minimum absolute atomic E-state index is 0.282. The first-order valence-electron chi connectivity index (χ1n) is 9.40. The molecule has 0 aliphatic carbocycles. The topological polar surface area (TPSA) is 52.1 Å². The lowest BCUT2D eigenvalue weighted by Gasteiger charge is -2.26. The fourth-order valence-corrected chi connectivity index (χ4v) is 3.68. The number of aromatic amines is 1. The Morgan fingerprint density at radius 2 is 1.65 bits per heavy atom. The lowest BCUT2D eigenvalue weighted by molar-refractivity contribution is 0.229. The normalized spacial score (nSPS) is 14.3. The van der Waals surface area contributed by atoms with Crippen LogP contribution in [0.25, 0.3) is 22.4 Å². The monoisotopic (exact) mass is 347 g/mol. The van der Waals surface area contributed by atoms with Crippen molar-refractivity contribution >= 4 is 0 Å². The maximum Gasteiger partial charge on any atom is 0.0968 e. The third-order valence-corrected chi connectivity index (χ3v) is 5.16. The third kappa shape index (κ3) is 3.57. The summed E-state index contributed by atoms with van der Waals surface area (Å²) in [6.07, 6.45) is 2.94. The van der Waals surface area contributed by atoms with Crippen LogP contribution in [0.3, 0.4) is 0 Å². The molecule has 1 aliphatic heterocycles. The van der Waals surface area contributed by atoms with Crippen molar-refractivity contribution < 1.29 is 5.11 Å². The number of H-pyrrole nitrogens is 1. The van der Waals surface area contributed by atoms with Gasteiger partial charge < -0.3 is 5.11 Å². The SMILES string of the molecule is OCCCCN1CCc2[nH]nc(-c3ccc(-c4ccccc4)cc3)c2C1. The fourth-order valence-electron chi connectivity index (χ4n) is 3.68. The van der Waals surface area contributed by atoms with E-state index in [2.05, 4.69) is 63.6 Å². The van der Waals surface area contributed by atoms with Gasteiger partial charge in [-0.1, -0.05) is 54.6 Å². The zero-order valence-corrected chi connectivity index (χ0v) is 15.0. The van der Waals surface area contributed by atoms with Crippen LogP contribution in [-0.2, 0) is 13.0 Å². The summed E-state index contributed by atoms with van der Waals surface area (Å²) in [5.74, 6) is 0. The number of unbranched alkanes of at least 4 members (excludes halogenated alkanes) is 1. The maximum atomic E-state index is 8.98. The largest absolute Gasteiger partial charge is 0.396 e. The van der Waals surface area contributed by atoms with Crippen LogP contribution in [0.5, 0.6) is 0 Å². The molecule has 4 rings (SSSR count). The van der Waals surface area contributed by atoms with E-state index in [1.807, 2.05) is 6.07 Å². The van der Waals surface area contributed by atoms with Crippen LogP contribution < -0.4 is 0 Å². The van der Waals surface area contributed by atoms with Crippen molar-refractivity contribution in [1.82, 2.24) is 15.1 Å². The van der Waals surface area contributed by atoms with Crippen LogP contribution in [0, 0.1) is 0 Å². The van der Waals surface area contributed by atoms with Gasteiger partial charge in [0.05, 0.1) is 5.69 Å². The number of aliphatic hydroxyl groups is 1. The Morgan fingerprint density at radius 3 is 2.42 bits per heavy atom. The van der Waals surface area contributed by atoms with E-state index >= 15 is 0 Å². The van der Waals surface area contributed by atoms with Gasteiger partial charge in [0.25, 0.3) is 0 Å². The van der Waals surface area contributed by atoms with Crippen LogP contribution in [0.1, 0.15) is 24.1 Å². The average Bonchev–Trinajstić information content (AvgIpc) is 3.12. The van der Waals surface area contributed by atoms with Gasteiger partial charge in [0.1, 0.15) is 0 Å². The molecule has 3 aromatic rings. The molecule has 4 heteroatoms. The Balaban J connectivity index is 1.53. The lowest BCUT2D eigenvalue weighted by atomic mass is 9.98.